The number of carbonyl (C=O) groups excluding carboxylic acids is 2. The summed E-state index contributed by atoms with van der Waals surface area (Å²) in [6.07, 6.45) is 1.40. The fourth-order valence-electron chi connectivity index (χ4n) is 2.48. The highest BCUT2D eigenvalue weighted by molar-refractivity contribution is 7.99. The van der Waals surface area contributed by atoms with E-state index in [1.165, 1.54) is 0 Å². The van der Waals surface area contributed by atoms with Gasteiger partial charge < -0.3 is 16.0 Å². The molecule has 2 amide bonds. The molecule has 0 aromatic heterocycles. The second kappa shape index (κ2) is 9.69. The number of hydrogen-bond acceptors (Lipinski definition) is 4. The first-order valence-electron chi connectivity index (χ1n) is 8.56. The minimum absolute atomic E-state index is 0.0458. The molecule has 3 N–H and O–H groups in total. The zero-order chi connectivity index (χ0) is 17.4. The van der Waals surface area contributed by atoms with E-state index in [4.69, 9.17) is 0 Å². The Morgan fingerprint density at radius 3 is 2.96 bits per heavy atom. The predicted molar refractivity (Wildman–Crippen MR) is 99.2 cm³/mol. The van der Waals surface area contributed by atoms with Gasteiger partial charge in [-0.25, -0.2) is 0 Å². The molecule has 132 valence electrons. The molecule has 5 nitrogen and oxygen atoms in total. The van der Waals surface area contributed by atoms with Gasteiger partial charge in [-0.3, -0.25) is 9.59 Å². The monoisotopic (exact) mass is 349 g/mol. The van der Waals surface area contributed by atoms with E-state index in [-0.39, 0.29) is 23.9 Å². The number of thioether (sulfide) groups is 1. The quantitative estimate of drug-likeness (QED) is 0.703. The predicted octanol–water partition coefficient (Wildman–Crippen LogP) is 1.93. The van der Waals surface area contributed by atoms with Gasteiger partial charge in [-0.2, -0.15) is 11.8 Å². The van der Waals surface area contributed by atoms with Crippen LogP contribution < -0.4 is 16.0 Å². The van der Waals surface area contributed by atoms with Gasteiger partial charge in [0.2, 0.25) is 5.91 Å². The van der Waals surface area contributed by atoms with E-state index in [9.17, 15) is 9.59 Å². The maximum absolute atomic E-state index is 12.2. The molecule has 1 aliphatic heterocycles. The maximum Gasteiger partial charge on any atom is 0.251 e. The molecule has 1 saturated heterocycles. The lowest BCUT2D eigenvalue weighted by atomic mass is 10.1. The van der Waals surface area contributed by atoms with Crippen LogP contribution in [-0.2, 0) is 11.3 Å². The van der Waals surface area contributed by atoms with Crippen molar-refractivity contribution in [2.24, 2.45) is 0 Å². The standard InChI is InChI=1S/C18H27N3O2S/c1-3-13(2)21-18(23)15-6-4-5-14(9-15)11-20-17(22)10-16-12-24-8-7-19-16/h4-6,9,13,16,19H,3,7-8,10-12H2,1-2H3,(H,20,22)(H,21,23). The van der Waals surface area contributed by atoms with E-state index in [1.807, 2.05) is 43.8 Å². The van der Waals surface area contributed by atoms with Gasteiger partial charge in [-0.15, -0.1) is 0 Å². The number of hydrogen-bond donors (Lipinski definition) is 3. The molecule has 2 rings (SSSR count). The van der Waals surface area contributed by atoms with Crippen LogP contribution in [0, 0.1) is 0 Å². The molecule has 1 aromatic rings. The number of rotatable bonds is 7. The summed E-state index contributed by atoms with van der Waals surface area (Å²) in [4.78, 5) is 24.2. The second-order valence-corrected chi connectivity index (χ2v) is 7.34. The molecule has 1 fully saturated rings. The smallest absolute Gasteiger partial charge is 0.251 e. The molecule has 6 heteroatoms. The average molecular weight is 350 g/mol. The van der Waals surface area contributed by atoms with E-state index in [0.29, 0.717) is 18.5 Å². The summed E-state index contributed by atoms with van der Waals surface area (Å²) in [5.41, 5.74) is 1.57. The van der Waals surface area contributed by atoms with Crippen LogP contribution in [0.1, 0.15) is 42.6 Å². The molecule has 1 aliphatic rings. The lowest BCUT2D eigenvalue weighted by Crippen LogP contribution is -2.41. The fraction of sp³-hybridized carbons (Fsp3) is 0.556. The first kappa shape index (κ1) is 18.8. The van der Waals surface area contributed by atoms with Crippen LogP contribution in [0.15, 0.2) is 24.3 Å². The lowest BCUT2D eigenvalue weighted by Gasteiger charge is -2.22. The van der Waals surface area contributed by atoms with Gasteiger partial charge in [0.15, 0.2) is 0 Å². The largest absolute Gasteiger partial charge is 0.352 e. The molecule has 1 aromatic carbocycles. The maximum atomic E-state index is 12.2. The third kappa shape index (κ3) is 6.17. The summed E-state index contributed by atoms with van der Waals surface area (Å²) < 4.78 is 0. The van der Waals surface area contributed by atoms with Crippen LogP contribution in [-0.4, -0.2) is 41.9 Å². The number of nitrogens with one attached hydrogen (secondary N) is 3. The lowest BCUT2D eigenvalue weighted by molar-refractivity contribution is -0.121. The molecule has 2 atom stereocenters. The molecule has 0 bridgehead atoms. The first-order chi connectivity index (χ1) is 11.6. The van der Waals surface area contributed by atoms with Gasteiger partial charge in [0.25, 0.3) is 5.91 Å². The minimum atomic E-state index is -0.0686. The van der Waals surface area contributed by atoms with Gasteiger partial charge in [-0.05, 0) is 31.0 Å². The van der Waals surface area contributed by atoms with Gasteiger partial charge in [0.1, 0.15) is 0 Å². The summed E-state index contributed by atoms with van der Waals surface area (Å²) >= 11 is 1.88. The third-order valence-electron chi connectivity index (χ3n) is 4.10. The molecular formula is C18H27N3O2S. The van der Waals surface area contributed by atoms with Crippen molar-refractivity contribution >= 4 is 23.6 Å². The topological polar surface area (TPSA) is 70.2 Å². The third-order valence-corrected chi connectivity index (χ3v) is 5.23. The van der Waals surface area contributed by atoms with Crippen LogP contribution in [0.5, 0.6) is 0 Å². The van der Waals surface area contributed by atoms with Crippen LogP contribution >= 0.6 is 11.8 Å². The van der Waals surface area contributed by atoms with E-state index in [2.05, 4.69) is 16.0 Å². The molecule has 24 heavy (non-hydrogen) atoms. The van der Waals surface area contributed by atoms with Gasteiger partial charge >= 0.3 is 0 Å². The Morgan fingerprint density at radius 2 is 2.25 bits per heavy atom. The zero-order valence-electron chi connectivity index (χ0n) is 14.4. The minimum Gasteiger partial charge on any atom is -0.352 e. The second-order valence-electron chi connectivity index (χ2n) is 6.19. The Bertz CT molecular complexity index is 559. The van der Waals surface area contributed by atoms with Crippen molar-refractivity contribution < 1.29 is 9.59 Å². The molecule has 1 heterocycles. The van der Waals surface area contributed by atoms with E-state index in [1.54, 1.807) is 6.07 Å². The molecule has 0 radical (unpaired) electrons. The fourth-order valence-corrected chi connectivity index (χ4v) is 3.43. The van der Waals surface area contributed by atoms with Crippen LogP contribution in [0.4, 0.5) is 0 Å². The number of amides is 2. The normalized spacial score (nSPS) is 18.7. The number of carbonyl (C=O) groups is 2. The molecule has 2 unspecified atom stereocenters. The van der Waals surface area contributed by atoms with Crippen LogP contribution in [0.25, 0.3) is 0 Å². The van der Waals surface area contributed by atoms with Crippen molar-refractivity contribution in [3.05, 3.63) is 35.4 Å². The highest BCUT2D eigenvalue weighted by Gasteiger charge is 2.16. The van der Waals surface area contributed by atoms with Crippen LogP contribution in [0.3, 0.4) is 0 Å². The van der Waals surface area contributed by atoms with Gasteiger partial charge in [0.05, 0.1) is 0 Å². The Hall–Kier alpha value is -1.53. The SMILES string of the molecule is CCC(C)NC(=O)c1cccc(CNC(=O)CC2CSCCN2)c1. The van der Waals surface area contributed by atoms with Crippen molar-refractivity contribution in [3.8, 4) is 0 Å². The van der Waals surface area contributed by atoms with Gasteiger partial charge in [-0.1, -0.05) is 19.1 Å². The average Bonchev–Trinajstić information content (AvgIpc) is 2.61. The highest BCUT2D eigenvalue weighted by Crippen LogP contribution is 2.10. The summed E-state index contributed by atoms with van der Waals surface area (Å²) in [5.74, 6) is 2.08. The van der Waals surface area contributed by atoms with Crippen molar-refractivity contribution in [2.45, 2.75) is 45.3 Å². The molecule has 0 aliphatic carbocycles. The van der Waals surface area contributed by atoms with E-state index >= 15 is 0 Å². The summed E-state index contributed by atoms with van der Waals surface area (Å²) in [7, 11) is 0. The Morgan fingerprint density at radius 1 is 1.42 bits per heavy atom. The van der Waals surface area contributed by atoms with Crippen molar-refractivity contribution in [1.82, 2.24) is 16.0 Å². The van der Waals surface area contributed by atoms with E-state index in [0.717, 1.165) is 30.0 Å². The molecule has 0 spiro atoms. The van der Waals surface area contributed by atoms with Gasteiger partial charge in [0, 0.05) is 48.7 Å². The Kier molecular flexibility index (Phi) is 7.59. The molecular weight excluding hydrogens is 322 g/mol. The molecule has 0 saturated carbocycles. The number of benzene rings is 1. The highest BCUT2D eigenvalue weighted by atomic mass is 32.2. The van der Waals surface area contributed by atoms with Crippen molar-refractivity contribution in [3.63, 3.8) is 0 Å². The first-order valence-corrected chi connectivity index (χ1v) is 9.71. The zero-order valence-corrected chi connectivity index (χ0v) is 15.2. The van der Waals surface area contributed by atoms with Crippen molar-refractivity contribution in [1.29, 1.82) is 0 Å². The van der Waals surface area contributed by atoms with Crippen molar-refractivity contribution in [2.75, 3.05) is 18.1 Å². The Balaban J connectivity index is 1.82. The summed E-state index contributed by atoms with van der Waals surface area (Å²) in [6.45, 7) is 5.44. The van der Waals surface area contributed by atoms with Crippen LogP contribution in [0.2, 0.25) is 0 Å². The Labute approximate surface area is 148 Å². The summed E-state index contributed by atoms with van der Waals surface area (Å²) in [5, 5.41) is 9.26. The van der Waals surface area contributed by atoms with E-state index < -0.39 is 0 Å². The summed E-state index contributed by atoms with van der Waals surface area (Å²) in [6, 6.07) is 7.83.